The molecule has 0 radical (unpaired) electrons. The Morgan fingerprint density at radius 3 is 2.45 bits per heavy atom. The number of nitrogens with zero attached hydrogens (tertiary/aromatic N) is 1. The fourth-order valence-electron chi connectivity index (χ4n) is 2.20. The monoisotopic (exact) mass is 306 g/mol. The Morgan fingerprint density at radius 2 is 1.91 bits per heavy atom. The van der Waals surface area contributed by atoms with Crippen LogP contribution in [-0.2, 0) is 4.74 Å². The molecule has 0 heterocycles. The summed E-state index contributed by atoms with van der Waals surface area (Å²) < 4.78 is 5.35. The molecule has 0 saturated carbocycles. The van der Waals surface area contributed by atoms with Crippen molar-refractivity contribution in [3.63, 3.8) is 0 Å². The van der Waals surface area contributed by atoms with E-state index in [-0.39, 0.29) is 6.09 Å². The predicted octanol–water partition coefficient (Wildman–Crippen LogP) is 3.98. The molecule has 22 heavy (non-hydrogen) atoms. The van der Waals surface area contributed by atoms with Crippen molar-refractivity contribution in [3.05, 3.63) is 35.9 Å². The second kappa shape index (κ2) is 8.79. The first-order valence-corrected chi connectivity index (χ1v) is 8.06. The Bertz CT molecular complexity index is 440. The summed E-state index contributed by atoms with van der Waals surface area (Å²) in [6.45, 7) is 9.19. The second-order valence-corrected chi connectivity index (χ2v) is 6.61. The molecule has 0 aliphatic carbocycles. The number of ether oxygens (including phenoxy) is 1. The zero-order valence-corrected chi connectivity index (χ0v) is 14.6. The van der Waals surface area contributed by atoms with Crippen molar-refractivity contribution < 1.29 is 9.53 Å². The van der Waals surface area contributed by atoms with Gasteiger partial charge in [-0.05, 0) is 32.8 Å². The van der Waals surface area contributed by atoms with Crippen LogP contribution in [0.2, 0.25) is 0 Å². The SMILES string of the molecule is CCCC(NCCN(C)C(=O)OC(C)(C)C)c1ccccc1. The van der Waals surface area contributed by atoms with Crippen molar-refractivity contribution in [2.24, 2.45) is 0 Å². The van der Waals surface area contributed by atoms with E-state index in [0.29, 0.717) is 12.6 Å². The highest BCUT2D eigenvalue weighted by Gasteiger charge is 2.19. The van der Waals surface area contributed by atoms with Crippen LogP contribution >= 0.6 is 0 Å². The van der Waals surface area contributed by atoms with Crippen LogP contribution in [-0.4, -0.2) is 36.7 Å². The van der Waals surface area contributed by atoms with Gasteiger partial charge in [-0.2, -0.15) is 0 Å². The second-order valence-electron chi connectivity index (χ2n) is 6.61. The van der Waals surface area contributed by atoms with Gasteiger partial charge >= 0.3 is 6.09 Å². The Balaban J connectivity index is 2.44. The van der Waals surface area contributed by atoms with E-state index in [0.717, 1.165) is 19.4 Å². The molecule has 1 N–H and O–H groups in total. The van der Waals surface area contributed by atoms with Gasteiger partial charge in [0.25, 0.3) is 0 Å². The van der Waals surface area contributed by atoms with Crippen molar-refractivity contribution in [2.75, 3.05) is 20.1 Å². The van der Waals surface area contributed by atoms with Crippen LogP contribution in [0.5, 0.6) is 0 Å². The fourth-order valence-corrected chi connectivity index (χ4v) is 2.20. The van der Waals surface area contributed by atoms with Gasteiger partial charge in [-0.15, -0.1) is 0 Å². The molecule has 1 atom stereocenters. The number of carbonyl (C=O) groups excluding carboxylic acids is 1. The van der Waals surface area contributed by atoms with Crippen molar-refractivity contribution in [1.82, 2.24) is 10.2 Å². The third-order valence-corrected chi connectivity index (χ3v) is 3.32. The average molecular weight is 306 g/mol. The van der Waals surface area contributed by atoms with E-state index in [9.17, 15) is 4.79 Å². The maximum Gasteiger partial charge on any atom is 0.410 e. The van der Waals surface area contributed by atoms with Crippen LogP contribution < -0.4 is 5.32 Å². The Kier molecular flexibility index (Phi) is 7.39. The van der Waals surface area contributed by atoms with Gasteiger partial charge < -0.3 is 15.0 Å². The summed E-state index contributed by atoms with van der Waals surface area (Å²) in [6.07, 6.45) is 1.93. The lowest BCUT2D eigenvalue weighted by molar-refractivity contribution is 0.0299. The van der Waals surface area contributed by atoms with Gasteiger partial charge in [0, 0.05) is 26.2 Å². The molecule has 0 bridgehead atoms. The molecule has 1 aromatic rings. The van der Waals surface area contributed by atoms with Gasteiger partial charge in [0.05, 0.1) is 0 Å². The standard InChI is InChI=1S/C18H30N2O2/c1-6-10-16(15-11-8-7-9-12-15)19-13-14-20(5)17(21)22-18(2,3)4/h7-9,11-12,16,19H,6,10,13-14H2,1-5H3. The van der Waals surface area contributed by atoms with E-state index in [4.69, 9.17) is 4.74 Å². The van der Waals surface area contributed by atoms with Gasteiger partial charge in [-0.1, -0.05) is 43.7 Å². The van der Waals surface area contributed by atoms with Crippen LogP contribution in [0.25, 0.3) is 0 Å². The van der Waals surface area contributed by atoms with Crippen molar-refractivity contribution >= 4 is 6.09 Å². The molecular weight excluding hydrogens is 276 g/mol. The van der Waals surface area contributed by atoms with Crippen molar-refractivity contribution in [3.8, 4) is 0 Å². The lowest BCUT2D eigenvalue weighted by Gasteiger charge is -2.25. The summed E-state index contributed by atoms with van der Waals surface area (Å²) in [5.74, 6) is 0. The molecule has 124 valence electrons. The number of amides is 1. The molecule has 4 heteroatoms. The molecule has 0 aliphatic heterocycles. The molecule has 1 aromatic carbocycles. The highest BCUT2D eigenvalue weighted by molar-refractivity contribution is 5.67. The van der Waals surface area contributed by atoms with E-state index in [1.165, 1.54) is 5.56 Å². The van der Waals surface area contributed by atoms with Crippen molar-refractivity contribution in [2.45, 2.75) is 52.2 Å². The Hall–Kier alpha value is -1.55. The molecule has 1 rings (SSSR count). The summed E-state index contributed by atoms with van der Waals surface area (Å²) in [7, 11) is 1.77. The van der Waals surface area contributed by atoms with E-state index < -0.39 is 5.60 Å². The van der Waals surface area contributed by atoms with Gasteiger partial charge in [0.1, 0.15) is 5.60 Å². The first kappa shape index (κ1) is 18.5. The first-order valence-electron chi connectivity index (χ1n) is 8.06. The third kappa shape index (κ3) is 6.94. The lowest BCUT2D eigenvalue weighted by atomic mass is 10.0. The molecule has 0 saturated heterocycles. The minimum absolute atomic E-state index is 0.277. The summed E-state index contributed by atoms with van der Waals surface area (Å²) >= 11 is 0. The highest BCUT2D eigenvalue weighted by atomic mass is 16.6. The maximum absolute atomic E-state index is 11.9. The summed E-state index contributed by atoms with van der Waals surface area (Å²) in [5.41, 5.74) is 0.845. The Morgan fingerprint density at radius 1 is 1.27 bits per heavy atom. The predicted molar refractivity (Wildman–Crippen MR) is 91.0 cm³/mol. The number of likely N-dealkylation sites (N-methyl/N-ethyl adjacent to an activating group) is 1. The average Bonchev–Trinajstić information content (AvgIpc) is 2.45. The van der Waals surface area contributed by atoms with Crippen LogP contribution in [0, 0.1) is 0 Å². The minimum atomic E-state index is -0.451. The van der Waals surface area contributed by atoms with E-state index in [1.807, 2.05) is 26.8 Å². The summed E-state index contributed by atoms with van der Waals surface area (Å²) in [4.78, 5) is 13.5. The summed E-state index contributed by atoms with van der Waals surface area (Å²) in [6, 6.07) is 10.8. The molecule has 0 aromatic heterocycles. The lowest BCUT2D eigenvalue weighted by Crippen LogP contribution is -2.38. The van der Waals surface area contributed by atoms with Crippen molar-refractivity contribution in [1.29, 1.82) is 0 Å². The summed E-state index contributed by atoms with van der Waals surface area (Å²) in [5, 5.41) is 3.54. The van der Waals surface area contributed by atoms with Crippen LogP contribution in [0.3, 0.4) is 0 Å². The van der Waals surface area contributed by atoms with Gasteiger partial charge in [-0.3, -0.25) is 0 Å². The zero-order valence-electron chi connectivity index (χ0n) is 14.6. The number of carbonyl (C=O) groups is 1. The smallest absolute Gasteiger partial charge is 0.410 e. The Labute approximate surface area is 134 Å². The van der Waals surface area contributed by atoms with Crippen LogP contribution in [0.15, 0.2) is 30.3 Å². The molecule has 4 nitrogen and oxygen atoms in total. The first-order chi connectivity index (χ1) is 10.3. The molecule has 1 unspecified atom stereocenters. The third-order valence-electron chi connectivity index (χ3n) is 3.32. The van der Waals surface area contributed by atoms with Gasteiger partial charge in [-0.25, -0.2) is 4.79 Å². The number of nitrogens with one attached hydrogen (secondary N) is 1. The molecule has 0 spiro atoms. The molecule has 0 aliphatic rings. The largest absolute Gasteiger partial charge is 0.444 e. The van der Waals surface area contributed by atoms with Gasteiger partial charge in [0.2, 0.25) is 0 Å². The number of benzene rings is 1. The molecule has 0 fully saturated rings. The maximum atomic E-state index is 11.9. The van der Waals surface area contributed by atoms with Crippen LogP contribution in [0.1, 0.15) is 52.1 Å². The highest BCUT2D eigenvalue weighted by Crippen LogP contribution is 2.17. The molecular formula is C18H30N2O2. The fraction of sp³-hybridized carbons (Fsp3) is 0.611. The van der Waals surface area contributed by atoms with E-state index in [1.54, 1.807) is 11.9 Å². The number of rotatable bonds is 7. The number of hydrogen-bond donors (Lipinski definition) is 1. The van der Waals surface area contributed by atoms with E-state index in [2.05, 4.69) is 36.5 Å². The zero-order chi connectivity index (χ0) is 16.6. The minimum Gasteiger partial charge on any atom is -0.444 e. The quantitative estimate of drug-likeness (QED) is 0.828. The topological polar surface area (TPSA) is 41.6 Å². The molecule has 1 amide bonds. The normalized spacial score (nSPS) is 12.8. The van der Waals surface area contributed by atoms with E-state index >= 15 is 0 Å². The van der Waals surface area contributed by atoms with Crippen LogP contribution in [0.4, 0.5) is 4.79 Å². The van der Waals surface area contributed by atoms with Gasteiger partial charge in [0.15, 0.2) is 0 Å². The number of hydrogen-bond acceptors (Lipinski definition) is 3.